The Morgan fingerprint density at radius 1 is 1.64 bits per heavy atom. The molecule has 0 radical (unpaired) electrons. The first-order chi connectivity index (χ1) is 6.33. The number of aryl methyl sites for hydroxylation is 1. The minimum atomic E-state index is -0.780. The average Bonchev–Trinajstić information content (AvgIpc) is 2.30. The van der Waals surface area contributed by atoms with Crippen molar-refractivity contribution in [3.63, 3.8) is 0 Å². The molecule has 0 aromatic carbocycles. The fourth-order valence-corrected chi connectivity index (χ4v) is 2.56. The maximum atomic E-state index is 10.7. The topological polar surface area (TPSA) is 37.3 Å². The van der Waals surface area contributed by atoms with Crippen LogP contribution in [0.1, 0.15) is 30.7 Å². The van der Waals surface area contributed by atoms with Gasteiger partial charge in [0.25, 0.3) is 0 Å². The zero-order valence-electron chi connectivity index (χ0n) is 8.43. The van der Waals surface area contributed by atoms with Gasteiger partial charge in [-0.1, -0.05) is 25.4 Å². The van der Waals surface area contributed by atoms with E-state index >= 15 is 0 Å². The molecule has 0 unspecified atom stereocenters. The van der Waals surface area contributed by atoms with Gasteiger partial charge in [-0.05, 0) is 18.6 Å². The van der Waals surface area contributed by atoms with Gasteiger partial charge in [-0.25, -0.2) is 0 Å². The quantitative estimate of drug-likeness (QED) is 0.867. The van der Waals surface area contributed by atoms with E-state index in [-0.39, 0.29) is 11.8 Å². The lowest BCUT2D eigenvalue weighted by atomic mass is 9.87. The van der Waals surface area contributed by atoms with Gasteiger partial charge in [0.2, 0.25) is 0 Å². The number of hydrogen-bond acceptors (Lipinski definition) is 2. The number of hydrogen-bond donors (Lipinski definition) is 1. The number of halogens is 1. The summed E-state index contributed by atoms with van der Waals surface area (Å²) in [4.78, 5) is 11.7. The molecule has 0 saturated carbocycles. The molecule has 14 heavy (non-hydrogen) atoms. The largest absolute Gasteiger partial charge is 0.481 e. The fraction of sp³-hybridized carbons (Fsp3) is 0.500. The van der Waals surface area contributed by atoms with Crippen molar-refractivity contribution in [2.24, 2.45) is 0 Å². The molecule has 78 valence electrons. The molecule has 0 aliphatic carbocycles. The summed E-state index contributed by atoms with van der Waals surface area (Å²) in [5.41, 5.74) is 0.680. The first-order valence-electron chi connectivity index (χ1n) is 4.31. The van der Waals surface area contributed by atoms with Gasteiger partial charge >= 0.3 is 5.97 Å². The molecule has 0 aliphatic rings. The first-order valence-corrected chi connectivity index (χ1v) is 5.50. The second kappa shape index (κ2) is 3.91. The molecule has 0 fully saturated rings. The van der Waals surface area contributed by atoms with Gasteiger partial charge in [0, 0.05) is 10.3 Å². The Morgan fingerprint density at radius 2 is 2.21 bits per heavy atom. The van der Waals surface area contributed by atoms with Gasteiger partial charge in [0.05, 0.1) is 10.8 Å². The maximum Gasteiger partial charge on any atom is 0.304 e. The molecule has 4 heteroatoms. The predicted molar refractivity (Wildman–Crippen MR) is 59.3 cm³/mol. The van der Waals surface area contributed by atoms with Crippen LogP contribution in [0.4, 0.5) is 0 Å². The van der Waals surface area contributed by atoms with E-state index in [4.69, 9.17) is 16.7 Å². The number of carbonyl (C=O) groups is 1. The van der Waals surface area contributed by atoms with Crippen molar-refractivity contribution in [3.8, 4) is 0 Å². The van der Waals surface area contributed by atoms with Crippen molar-refractivity contribution in [2.45, 2.75) is 32.6 Å². The number of rotatable bonds is 3. The lowest BCUT2D eigenvalue weighted by Crippen LogP contribution is -2.20. The number of carboxylic acids is 1. The van der Waals surface area contributed by atoms with E-state index in [9.17, 15) is 4.79 Å². The van der Waals surface area contributed by atoms with Crippen LogP contribution in [-0.2, 0) is 10.2 Å². The highest BCUT2D eigenvalue weighted by Crippen LogP contribution is 2.37. The molecule has 0 spiro atoms. The van der Waals surface area contributed by atoms with Crippen LogP contribution in [-0.4, -0.2) is 11.1 Å². The smallest absolute Gasteiger partial charge is 0.304 e. The molecular weight excluding hydrogens is 220 g/mol. The lowest BCUT2D eigenvalue weighted by molar-refractivity contribution is -0.138. The Bertz CT molecular complexity index is 336. The normalized spacial score (nSPS) is 11.7. The summed E-state index contributed by atoms with van der Waals surface area (Å²) in [5, 5.41) is 8.76. The van der Waals surface area contributed by atoms with Crippen molar-refractivity contribution < 1.29 is 9.90 Å². The third kappa shape index (κ3) is 2.49. The maximum absolute atomic E-state index is 10.7. The van der Waals surface area contributed by atoms with Crippen molar-refractivity contribution in [1.29, 1.82) is 0 Å². The number of thiophene rings is 1. The molecule has 0 aliphatic heterocycles. The summed E-state index contributed by atoms with van der Waals surface area (Å²) in [5.74, 6) is -0.780. The Labute approximate surface area is 92.5 Å². The van der Waals surface area contributed by atoms with Gasteiger partial charge in [-0.3, -0.25) is 4.79 Å². The van der Waals surface area contributed by atoms with Crippen LogP contribution >= 0.6 is 22.9 Å². The Balaban J connectivity index is 2.97. The van der Waals surface area contributed by atoms with Crippen LogP contribution < -0.4 is 0 Å². The third-order valence-corrected chi connectivity index (χ3v) is 4.04. The summed E-state index contributed by atoms with van der Waals surface area (Å²) < 4.78 is 0.749. The molecule has 1 aromatic heterocycles. The molecule has 0 atom stereocenters. The van der Waals surface area contributed by atoms with Crippen molar-refractivity contribution in [1.82, 2.24) is 0 Å². The van der Waals surface area contributed by atoms with Gasteiger partial charge < -0.3 is 5.11 Å². The standard InChI is InChI=1S/C10H13ClO2S/c1-6-4-7(14-9(6)11)10(2,3)5-8(12)13/h4H,5H2,1-3H3,(H,12,13). The second-order valence-electron chi connectivity index (χ2n) is 4.02. The van der Waals surface area contributed by atoms with Crippen LogP contribution in [0.2, 0.25) is 4.34 Å². The van der Waals surface area contributed by atoms with Crippen LogP contribution in [0.25, 0.3) is 0 Å². The molecule has 0 amide bonds. The van der Waals surface area contributed by atoms with Crippen LogP contribution in [0, 0.1) is 6.92 Å². The van der Waals surface area contributed by atoms with E-state index < -0.39 is 5.97 Å². The van der Waals surface area contributed by atoms with E-state index in [1.54, 1.807) is 0 Å². The fourth-order valence-electron chi connectivity index (χ4n) is 1.26. The summed E-state index contributed by atoms with van der Waals surface area (Å²) >= 11 is 7.41. The molecular formula is C10H13ClO2S. The molecule has 0 saturated heterocycles. The molecule has 2 nitrogen and oxygen atoms in total. The van der Waals surface area contributed by atoms with Gasteiger partial charge in [0.15, 0.2) is 0 Å². The zero-order chi connectivity index (χ0) is 10.9. The van der Waals surface area contributed by atoms with Gasteiger partial charge in [-0.2, -0.15) is 0 Å². The van der Waals surface area contributed by atoms with Crippen LogP contribution in [0.5, 0.6) is 0 Å². The van der Waals surface area contributed by atoms with Crippen molar-refractivity contribution in [3.05, 3.63) is 20.8 Å². The van der Waals surface area contributed by atoms with Crippen LogP contribution in [0.3, 0.4) is 0 Å². The van der Waals surface area contributed by atoms with Crippen LogP contribution in [0.15, 0.2) is 6.07 Å². The summed E-state index contributed by atoms with van der Waals surface area (Å²) in [6.45, 7) is 5.77. The van der Waals surface area contributed by atoms with E-state index in [0.717, 1.165) is 14.8 Å². The van der Waals surface area contributed by atoms with Gasteiger partial charge in [-0.15, -0.1) is 11.3 Å². The molecule has 1 N–H and O–H groups in total. The van der Waals surface area contributed by atoms with Gasteiger partial charge in [0.1, 0.15) is 0 Å². The van der Waals surface area contributed by atoms with E-state index in [1.165, 1.54) is 11.3 Å². The highest BCUT2D eigenvalue weighted by atomic mass is 35.5. The lowest BCUT2D eigenvalue weighted by Gasteiger charge is -2.20. The molecule has 0 bridgehead atoms. The molecule has 1 aromatic rings. The highest BCUT2D eigenvalue weighted by molar-refractivity contribution is 7.16. The summed E-state index contributed by atoms with van der Waals surface area (Å²) in [6, 6.07) is 1.97. The van der Waals surface area contributed by atoms with Crippen molar-refractivity contribution in [2.75, 3.05) is 0 Å². The SMILES string of the molecule is Cc1cc(C(C)(C)CC(=O)O)sc1Cl. The van der Waals surface area contributed by atoms with Crippen molar-refractivity contribution >= 4 is 28.9 Å². The molecule has 1 rings (SSSR count). The Morgan fingerprint density at radius 3 is 2.57 bits per heavy atom. The second-order valence-corrected chi connectivity index (χ2v) is 5.68. The Hall–Kier alpha value is -0.540. The predicted octanol–water partition coefficient (Wildman–Crippen LogP) is 3.46. The average molecular weight is 233 g/mol. The summed E-state index contributed by atoms with van der Waals surface area (Å²) in [7, 11) is 0. The minimum absolute atomic E-state index is 0.128. The number of aliphatic carboxylic acids is 1. The van der Waals surface area contributed by atoms with E-state index in [2.05, 4.69) is 0 Å². The summed E-state index contributed by atoms with van der Waals surface area (Å²) in [6.07, 6.45) is 0.128. The minimum Gasteiger partial charge on any atom is -0.481 e. The number of carboxylic acid groups (broad SMARTS) is 1. The van der Waals surface area contributed by atoms with E-state index in [0.29, 0.717) is 0 Å². The third-order valence-electron chi connectivity index (χ3n) is 2.12. The zero-order valence-corrected chi connectivity index (χ0v) is 10.00. The first kappa shape index (κ1) is 11.5. The monoisotopic (exact) mass is 232 g/mol. The van der Waals surface area contributed by atoms with E-state index in [1.807, 2.05) is 26.8 Å². The Kier molecular flexibility index (Phi) is 3.22. The molecule has 1 heterocycles. The highest BCUT2D eigenvalue weighted by Gasteiger charge is 2.26.